The highest BCUT2D eigenvalue weighted by Crippen LogP contribution is 2.37. The van der Waals surface area contributed by atoms with Gasteiger partial charge in [0.1, 0.15) is 34.1 Å². The molecular formula is C37H26N6O. The molecule has 6 heterocycles. The van der Waals surface area contributed by atoms with Gasteiger partial charge in [-0.3, -0.25) is 8.80 Å². The maximum atomic E-state index is 6.53. The summed E-state index contributed by atoms with van der Waals surface area (Å²) < 4.78 is 10.7. The number of rotatable bonds is 3. The quantitative estimate of drug-likeness (QED) is 0.199. The van der Waals surface area contributed by atoms with E-state index >= 15 is 0 Å². The minimum atomic E-state index is 0.732. The van der Waals surface area contributed by atoms with Crippen molar-refractivity contribution < 1.29 is 4.74 Å². The van der Waals surface area contributed by atoms with Gasteiger partial charge in [0.15, 0.2) is 0 Å². The Morgan fingerprint density at radius 2 is 1.11 bits per heavy atom. The lowest BCUT2D eigenvalue weighted by molar-refractivity contribution is 0.484. The second-order valence-corrected chi connectivity index (χ2v) is 11.5. The summed E-state index contributed by atoms with van der Waals surface area (Å²) in [5.74, 6) is 1.47. The fraction of sp³-hybridized carbons (Fsp3) is 0.0811. The number of fused-ring (bicyclic) bond motifs is 12. The number of hydrogen-bond acceptors (Lipinski definition) is 5. The Kier molecular flexibility index (Phi) is 5.11. The van der Waals surface area contributed by atoms with Crippen LogP contribution in [0, 0.1) is 20.8 Å². The molecule has 7 nitrogen and oxygen atoms in total. The number of imidazole rings is 2. The largest absolute Gasteiger partial charge is 0.457 e. The molecule has 6 aromatic heterocycles. The van der Waals surface area contributed by atoms with Crippen molar-refractivity contribution in [1.82, 2.24) is 28.7 Å². The predicted molar refractivity (Wildman–Crippen MR) is 176 cm³/mol. The third kappa shape index (κ3) is 3.56. The molecule has 0 fully saturated rings. The second-order valence-electron chi connectivity index (χ2n) is 11.5. The first-order chi connectivity index (χ1) is 21.5. The molecule has 0 bridgehead atoms. The lowest BCUT2D eigenvalue weighted by Crippen LogP contribution is -1.94. The monoisotopic (exact) mass is 570 g/mol. The number of aromatic nitrogens is 6. The maximum Gasteiger partial charge on any atom is 0.147 e. The summed E-state index contributed by atoms with van der Waals surface area (Å²) in [6.45, 7) is 6.44. The van der Waals surface area contributed by atoms with E-state index < -0.39 is 0 Å². The molecule has 7 heteroatoms. The lowest BCUT2D eigenvalue weighted by Gasteiger charge is -2.12. The summed E-state index contributed by atoms with van der Waals surface area (Å²) in [6.07, 6.45) is 9.52. The van der Waals surface area contributed by atoms with Gasteiger partial charge >= 0.3 is 0 Å². The summed E-state index contributed by atoms with van der Waals surface area (Å²) >= 11 is 0. The number of hydrogen-bond donors (Lipinski definition) is 0. The minimum absolute atomic E-state index is 0.732. The first-order valence-corrected chi connectivity index (χ1v) is 14.6. The Balaban J connectivity index is 1.23. The predicted octanol–water partition coefficient (Wildman–Crippen LogP) is 8.77. The van der Waals surface area contributed by atoms with Gasteiger partial charge in [0.05, 0.1) is 5.69 Å². The van der Waals surface area contributed by atoms with Gasteiger partial charge in [0.25, 0.3) is 0 Å². The fourth-order valence-corrected chi connectivity index (χ4v) is 6.86. The van der Waals surface area contributed by atoms with Crippen LogP contribution in [0.3, 0.4) is 0 Å². The molecule has 0 spiro atoms. The SMILES string of the molecule is Cc1cc(C)c(-c2cn3c4ncccc4c4ccc(Oc5ccc6c7cccnc7n7ccnc7c6c5)cc4c3n2)c(C)c1. The van der Waals surface area contributed by atoms with Crippen molar-refractivity contribution in [3.05, 3.63) is 120 Å². The van der Waals surface area contributed by atoms with Gasteiger partial charge in [-0.15, -0.1) is 0 Å². The Labute approximate surface area is 252 Å². The van der Waals surface area contributed by atoms with Crippen LogP contribution in [0.5, 0.6) is 11.5 Å². The van der Waals surface area contributed by atoms with Gasteiger partial charge in [-0.25, -0.2) is 19.9 Å². The normalized spacial score (nSPS) is 12.0. The van der Waals surface area contributed by atoms with E-state index in [1.165, 1.54) is 16.7 Å². The highest BCUT2D eigenvalue weighted by molar-refractivity contribution is 6.12. The first kappa shape index (κ1) is 24.7. The summed E-state index contributed by atoms with van der Waals surface area (Å²) in [6, 6.07) is 25.0. The zero-order valence-electron chi connectivity index (χ0n) is 24.4. The molecule has 0 saturated heterocycles. The van der Waals surface area contributed by atoms with Gasteiger partial charge < -0.3 is 4.74 Å². The Hall–Kier alpha value is -5.82. The third-order valence-corrected chi connectivity index (χ3v) is 8.59. The molecule has 0 atom stereocenters. The van der Waals surface area contributed by atoms with Gasteiger partial charge in [0.2, 0.25) is 0 Å². The number of aryl methyl sites for hydroxylation is 3. The van der Waals surface area contributed by atoms with E-state index in [0.717, 1.165) is 77.7 Å². The van der Waals surface area contributed by atoms with E-state index in [2.05, 4.69) is 89.9 Å². The Morgan fingerprint density at radius 1 is 0.545 bits per heavy atom. The van der Waals surface area contributed by atoms with Crippen molar-refractivity contribution >= 4 is 54.9 Å². The summed E-state index contributed by atoms with van der Waals surface area (Å²) in [7, 11) is 0. The van der Waals surface area contributed by atoms with Crippen molar-refractivity contribution in [2.24, 2.45) is 0 Å². The zero-order chi connectivity index (χ0) is 29.5. The molecule has 0 N–H and O–H groups in total. The van der Waals surface area contributed by atoms with Crippen molar-refractivity contribution in [2.45, 2.75) is 20.8 Å². The molecule has 210 valence electrons. The molecular weight excluding hydrogens is 544 g/mol. The second kappa shape index (κ2) is 9.09. The minimum Gasteiger partial charge on any atom is -0.457 e. The van der Waals surface area contributed by atoms with Crippen LogP contribution in [-0.2, 0) is 0 Å². The van der Waals surface area contributed by atoms with E-state index in [-0.39, 0.29) is 0 Å². The molecule has 3 aromatic carbocycles. The molecule has 0 amide bonds. The highest BCUT2D eigenvalue weighted by atomic mass is 16.5. The molecule has 0 unspecified atom stereocenters. The number of pyridine rings is 4. The Morgan fingerprint density at radius 3 is 1.77 bits per heavy atom. The van der Waals surface area contributed by atoms with Crippen molar-refractivity contribution in [1.29, 1.82) is 0 Å². The van der Waals surface area contributed by atoms with E-state index in [9.17, 15) is 0 Å². The Bertz CT molecular complexity index is 2610. The third-order valence-electron chi connectivity index (χ3n) is 8.59. The van der Waals surface area contributed by atoms with Crippen molar-refractivity contribution in [2.75, 3.05) is 0 Å². The van der Waals surface area contributed by atoms with Crippen molar-refractivity contribution in [3.63, 3.8) is 0 Å². The number of benzene rings is 3. The van der Waals surface area contributed by atoms with E-state index in [0.29, 0.717) is 0 Å². The van der Waals surface area contributed by atoms with Gasteiger partial charge in [0, 0.05) is 58.1 Å². The molecule has 9 rings (SSSR count). The smallest absolute Gasteiger partial charge is 0.147 e. The highest BCUT2D eigenvalue weighted by Gasteiger charge is 2.17. The van der Waals surface area contributed by atoms with Crippen LogP contribution in [-0.4, -0.2) is 28.7 Å². The van der Waals surface area contributed by atoms with Crippen LogP contribution in [0.15, 0.2) is 104 Å². The summed E-state index contributed by atoms with van der Waals surface area (Å²) in [4.78, 5) is 19.2. The molecule has 0 aliphatic heterocycles. The van der Waals surface area contributed by atoms with Crippen LogP contribution in [0.25, 0.3) is 66.2 Å². The van der Waals surface area contributed by atoms with Crippen LogP contribution >= 0.6 is 0 Å². The summed E-state index contributed by atoms with van der Waals surface area (Å²) in [5.41, 5.74) is 9.23. The summed E-state index contributed by atoms with van der Waals surface area (Å²) in [5, 5.41) is 6.32. The van der Waals surface area contributed by atoms with Gasteiger partial charge in [-0.05, 0) is 103 Å². The van der Waals surface area contributed by atoms with Crippen LogP contribution < -0.4 is 4.74 Å². The average molecular weight is 571 g/mol. The van der Waals surface area contributed by atoms with Crippen LogP contribution in [0.2, 0.25) is 0 Å². The molecule has 0 aliphatic rings. The maximum absolute atomic E-state index is 6.53. The van der Waals surface area contributed by atoms with E-state index in [1.54, 1.807) is 0 Å². The van der Waals surface area contributed by atoms with E-state index in [1.807, 2.05) is 53.5 Å². The van der Waals surface area contributed by atoms with Gasteiger partial charge in [-0.1, -0.05) is 17.7 Å². The van der Waals surface area contributed by atoms with E-state index in [4.69, 9.17) is 14.7 Å². The topological polar surface area (TPSA) is 69.6 Å². The van der Waals surface area contributed by atoms with Gasteiger partial charge in [-0.2, -0.15) is 0 Å². The lowest BCUT2D eigenvalue weighted by atomic mass is 9.98. The standard InChI is InChI=1S/C37H26N6O/c1-21-16-22(2)33(23(3)17-21)32-20-43-35-29(7-5-13-39-35)27-11-9-25(19-31(27)37(43)41-32)44-24-8-10-26-28-6-4-12-38-34(28)42-15-14-40-36(42)30(26)18-24/h4-20H,1-3H3. The zero-order valence-corrected chi connectivity index (χ0v) is 24.4. The molecule has 0 aliphatic carbocycles. The average Bonchev–Trinajstić information content (AvgIpc) is 3.70. The molecule has 0 saturated carbocycles. The fourth-order valence-electron chi connectivity index (χ4n) is 6.86. The number of nitrogens with zero attached hydrogens (tertiary/aromatic N) is 6. The molecule has 44 heavy (non-hydrogen) atoms. The molecule has 9 aromatic rings. The van der Waals surface area contributed by atoms with Crippen molar-refractivity contribution in [3.8, 4) is 22.8 Å². The first-order valence-electron chi connectivity index (χ1n) is 14.6. The van der Waals surface area contributed by atoms with Crippen LogP contribution in [0.1, 0.15) is 16.7 Å². The van der Waals surface area contributed by atoms with Crippen LogP contribution in [0.4, 0.5) is 0 Å². The molecule has 0 radical (unpaired) electrons. The number of ether oxygens (including phenoxy) is 1.